The van der Waals surface area contributed by atoms with Gasteiger partial charge in [0.2, 0.25) is 5.96 Å². The van der Waals surface area contributed by atoms with Crippen LogP contribution in [0.2, 0.25) is 0 Å². The number of hydrogen-bond acceptors (Lipinski definition) is 8. The molecular formula is C35H47N5O5. The first kappa shape index (κ1) is 31.3. The predicted molar refractivity (Wildman–Crippen MR) is 173 cm³/mol. The van der Waals surface area contributed by atoms with E-state index in [9.17, 15) is 19.8 Å². The van der Waals surface area contributed by atoms with Crippen molar-refractivity contribution in [3.05, 3.63) is 58.7 Å². The maximum Gasteiger partial charge on any atom is 0.408 e. The first-order valence-electron chi connectivity index (χ1n) is 16.7. The van der Waals surface area contributed by atoms with Crippen molar-refractivity contribution in [2.24, 2.45) is 33.3 Å². The minimum absolute atomic E-state index is 0.0749. The number of aliphatic carboxylic acids is 1. The Bertz CT molecular complexity index is 1390. The van der Waals surface area contributed by atoms with E-state index in [0.717, 1.165) is 88.1 Å². The highest BCUT2D eigenvalue weighted by Gasteiger charge is 2.55. The molecule has 0 aromatic heterocycles. The number of alkyl carbamates (subject to hydrolysis) is 1. The normalized spacial score (nSPS) is 30.3. The minimum Gasteiger partial charge on any atom is -0.480 e. The highest BCUT2D eigenvalue weighted by Crippen LogP contribution is 2.62. The highest BCUT2D eigenvalue weighted by molar-refractivity contribution is 5.98. The van der Waals surface area contributed by atoms with Crippen molar-refractivity contribution in [2.75, 3.05) is 13.1 Å². The summed E-state index contributed by atoms with van der Waals surface area (Å²) in [5, 5.41) is 31.3. The molecule has 1 aliphatic heterocycles. The van der Waals surface area contributed by atoms with Gasteiger partial charge >= 0.3 is 12.1 Å². The lowest BCUT2D eigenvalue weighted by Crippen LogP contribution is -2.45. The van der Waals surface area contributed by atoms with Gasteiger partial charge in [-0.05, 0) is 104 Å². The summed E-state index contributed by atoms with van der Waals surface area (Å²) in [6.07, 6.45) is 11.1. The number of nitrogens with one attached hydrogen (secondary N) is 3. The number of unbranched alkanes of at least 4 members (excludes halogenated alkanes) is 1. The summed E-state index contributed by atoms with van der Waals surface area (Å²) in [6, 6.07) is 8.33. The van der Waals surface area contributed by atoms with Crippen molar-refractivity contribution in [3.8, 4) is 0 Å². The van der Waals surface area contributed by atoms with Crippen LogP contribution >= 0.6 is 0 Å². The Morgan fingerprint density at radius 3 is 2.78 bits per heavy atom. The number of carboxylic acid groups (broad SMARTS) is 1. The number of aliphatic hydroxyl groups is 1. The van der Waals surface area contributed by atoms with Crippen LogP contribution in [0.5, 0.6) is 0 Å². The maximum atomic E-state index is 12.4. The molecular weight excluding hydrogens is 570 g/mol. The van der Waals surface area contributed by atoms with Gasteiger partial charge in [-0.3, -0.25) is 0 Å². The number of hydrazone groups is 1. The summed E-state index contributed by atoms with van der Waals surface area (Å²) in [5.74, 6) is 1.07. The van der Waals surface area contributed by atoms with E-state index < -0.39 is 18.1 Å². The number of aliphatic hydroxyl groups excluding tert-OH is 1. The molecule has 45 heavy (non-hydrogen) atoms. The van der Waals surface area contributed by atoms with E-state index in [4.69, 9.17) is 4.74 Å². The lowest BCUT2D eigenvalue weighted by molar-refractivity contribution is -0.139. The van der Waals surface area contributed by atoms with Gasteiger partial charge < -0.3 is 25.6 Å². The van der Waals surface area contributed by atoms with E-state index in [1.807, 2.05) is 30.3 Å². The van der Waals surface area contributed by atoms with Crippen LogP contribution in [-0.2, 0) is 16.1 Å². The molecule has 10 nitrogen and oxygen atoms in total. The van der Waals surface area contributed by atoms with Crippen LogP contribution in [0.15, 0.2) is 63.2 Å². The van der Waals surface area contributed by atoms with Gasteiger partial charge in [0.05, 0.1) is 18.4 Å². The number of fused-ring (bicyclic) bond motifs is 4. The molecule has 1 amide bonds. The molecule has 5 aliphatic rings. The zero-order chi connectivity index (χ0) is 31.4. The fourth-order valence-corrected chi connectivity index (χ4v) is 8.66. The fraction of sp³-hybridized carbons (Fsp3) is 0.600. The van der Waals surface area contributed by atoms with Gasteiger partial charge in [-0.1, -0.05) is 55.7 Å². The van der Waals surface area contributed by atoms with Crippen molar-refractivity contribution in [1.82, 2.24) is 16.1 Å². The predicted octanol–water partition coefficient (Wildman–Crippen LogP) is 5.06. The third kappa shape index (κ3) is 6.95. The third-order valence-electron chi connectivity index (χ3n) is 10.9. The molecule has 1 heterocycles. The van der Waals surface area contributed by atoms with Gasteiger partial charge in [-0.2, -0.15) is 5.10 Å². The van der Waals surface area contributed by atoms with Gasteiger partial charge in [0.15, 0.2) is 0 Å². The molecule has 2 fully saturated rings. The van der Waals surface area contributed by atoms with Crippen molar-refractivity contribution >= 4 is 23.7 Å². The van der Waals surface area contributed by atoms with Gasteiger partial charge in [-0.15, -0.1) is 0 Å². The van der Waals surface area contributed by atoms with E-state index >= 15 is 0 Å². The average molecular weight is 618 g/mol. The van der Waals surface area contributed by atoms with E-state index in [1.165, 1.54) is 11.1 Å². The number of carbonyl (C=O) groups excluding carboxylic acids is 1. The molecule has 5 N–H and O–H groups in total. The van der Waals surface area contributed by atoms with Crippen LogP contribution in [-0.4, -0.2) is 59.2 Å². The SMILES string of the molecule is C[C@]12C[C@H](CCCCC(NC(=O)OCc3ccccc3)C(=O)O)C3=C4CCC(=NNC5=NCCN5)C=C4CC[C@H]3[C@@H]1CCC2O. The van der Waals surface area contributed by atoms with E-state index in [-0.39, 0.29) is 18.1 Å². The summed E-state index contributed by atoms with van der Waals surface area (Å²) >= 11 is 0. The Morgan fingerprint density at radius 2 is 2.00 bits per heavy atom. The molecule has 2 unspecified atom stereocenters. The van der Waals surface area contributed by atoms with Gasteiger partial charge in [-0.25, -0.2) is 20.0 Å². The topological polar surface area (TPSA) is 145 Å². The molecule has 1 aromatic rings. The largest absolute Gasteiger partial charge is 0.480 e. The summed E-state index contributed by atoms with van der Waals surface area (Å²) in [6.45, 7) is 4.02. The Kier molecular flexibility index (Phi) is 9.58. The van der Waals surface area contributed by atoms with Crippen LogP contribution in [0.3, 0.4) is 0 Å². The third-order valence-corrected chi connectivity index (χ3v) is 10.9. The number of nitrogens with zero attached hydrogens (tertiary/aromatic N) is 2. The number of benzene rings is 1. The number of guanidine groups is 1. The Hall–Kier alpha value is -3.66. The minimum atomic E-state index is -1.05. The van der Waals surface area contributed by atoms with Crippen LogP contribution in [0, 0.1) is 23.2 Å². The maximum absolute atomic E-state index is 12.4. The molecule has 10 heteroatoms. The van der Waals surface area contributed by atoms with Crippen LogP contribution in [0.1, 0.15) is 83.1 Å². The first-order valence-corrected chi connectivity index (χ1v) is 16.7. The van der Waals surface area contributed by atoms with Crippen molar-refractivity contribution in [3.63, 3.8) is 0 Å². The molecule has 0 bridgehead atoms. The highest BCUT2D eigenvalue weighted by atomic mass is 16.5. The smallest absolute Gasteiger partial charge is 0.408 e. The van der Waals surface area contributed by atoms with Gasteiger partial charge in [0.1, 0.15) is 12.6 Å². The second-order valence-corrected chi connectivity index (χ2v) is 13.6. The quantitative estimate of drug-likeness (QED) is 0.182. The first-order chi connectivity index (χ1) is 21.8. The lowest BCUT2D eigenvalue weighted by atomic mass is 9.53. The molecule has 4 aliphatic carbocycles. The number of hydrogen-bond donors (Lipinski definition) is 5. The average Bonchev–Trinajstić information content (AvgIpc) is 3.67. The van der Waals surface area contributed by atoms with E-state index in [1.54, 1.807) is 5.57 Å². The molecule has 6 rings (SSSR count). The van der Waals surface area contributed by atoms with E-state index in [0.29, 0.717) is 30.6 Å². The number of allylic oxidation sites excluding steroid dienone is 4. The summed E-state index contributed by atoms with van der Waals surface area (Å²) in [7, 11) is 0. The van der Waals surface area contributed by atoms with Crippen molar-refractivity contribution < 1.29 is 24.5 Å². The Labute approximate surface area is 265 Å². The summed E-state index contributed by atoms with van der Waals surface area (Å²) in [5.41, 5.74) is 9.46. The number of carboxylic acids is 1. The van der Waals surface area contributed by atoms with Crippen molar-refractivity contribution in [2.45, 2.75) is 96.3 Å². The Balaban J connectivity index is 1.11. The molecule has 0 saturated heterocycles. The number of rotatable bonds is 10. The number of ether oxygens (including phenoxy) is 1. The fourth-order valence-electron chi connectivity index (χ4n) is 8.66. The van der Waals surface area contributed by atoms with Crippen LogP contribution in [0.25, 0.3) is 0 Å². The van der Waals surface area contributed by atoms with Gasteiger partial charge in [0, 0.05) is 6.54 Å². The Morgan fingerprint density at radius 1 is 1.16 bits per heavy atom. The van der Waals surface area contributed by atoms with Crippen LogP contribution in [0.4, 0.5) is 4.79 Å². The molecule has 1 aromatic carbocycles. The molecule has 0 spiro atoms. The number of carbonyl (C=O) groups is 2. The lowest BCUT2D eigenvalue weighted by Gasteiger charge is -2.52. The zero-order valence-electron chi connectivity index (χ0n) is 26.3. The van der Waals surface area contributed by atoms with Crippen molar-refractivity contribution in [1.29, 1.82) is 0 Å². The summed E-state index contributed by atoms with van der Waals surface area (Å²) in [4.78, 5) is 28.7. The standard InChI is InChI=1S/C35H47N5O5/c1-35-20-24(9-5-6-10-29(32(42)43)38-34(44)45-21-22-7-3-2-4-8-22)31-26-14-12-25(39-40-33-36-17-18-37-33)19-23(26)11-13-27(31)28(35)15-16-30(35)41/h2-4,7-8,19,24,27-30,41H,5-6,9-18,20-21H2,1H3,(H,38,44)(H,42,43)(H2,36,37,40)/t24-,27-,28-,29?,30?,35-/m0/s1. The molecule has 2 saturated carbocycles. The summed E-state index contributed by atoms with van der Waals surface area (Å²) < 4.78 is 5.26. The molecule has 242 valence electrons. The zero-order valence-corrected chi connectivity index (χ0v) is 26.3. The number of aliphatic imine (C=N–C) groups is 1. The second-order valence-electron chi connectivity index (χ2n) is 13.6. The number of amides is 1. The van der Waals surface area contributed by atoms with E-state index in [2.05, 4.69) is 39.2 Å². The molecule has 6 atom stereocenters. The van der Waals surface area contributed by atoms with Gasteiger partial charge in [0.25, 0.3) is 0 Å². The second kappa shape index (κ2) is 13.8. The monoisotopic (exact) mass is 617 g/mol. The van der Waals surface area contributed by atoms with Crippen LogP contribution < -0.4 is 16.1 Å². The molecule has 0 radical (unpaired) electrons.